The molecule has 0 aliphatic heterocycles. The molecule has 282 valence electrons. The van der Waals surface area contributed by atoms with Crippen LogP contribution in [0, 0.1) is 0 Å². The third-order valence-electron chi connectivity index (χ3n) is 14.1. The first kappa shape index (κ1) is 33.7. The number of hydrogen-bond acceptors (Lipinski definition) is 0. The smallest absolute Gasteiger partial charge is 0.0689 e. The van der Waals surface area contributed by atoms with Crippen molar-refractivity contribution in [3.63, 3.8) is 0 Å². The lowest BCUT2D eigenvalue weighted by Gasteiger charge is -2.34. The summed E-state index contributed by atoms with van der Waals surface area (Å²) in [5, 5.41) is 8.11. The summed E-state index contributed by atoms with van der Waals surface area (Å²) in [5.41, 5.74) is 18.6. The lowest BCUT2D eigenvalue weighted by Crippen LogP contribution is -2.28. The van der Waals surface area contributed by atoms with Crippen LogP contribution in [0.1, 0.15) is 57.7 Å². The fourth-order valence-corrected chi connectivity index (χ4v) is 11.5. The van der Waals surface area contributed by atoms with Crippen LogP contribution in [0.3, 0.4) is 0 Å². The molecule has 1 heterocycles. The van der Waals surface area contributed by atoms with E-state index in [0.29, 0.717) is 0 Å². The Hall–Kier alpha value is -7.22. The van der Waals surface area contributed by atoms with E-state index in [-0.39, 0.29) is 11.3 Å². The monoisotopic (exact) mass is 763 g/mol. The average molecular weight is 764 g/mol. The molecule has 1 aromatic heterocycles. The number of para-hydroxylation sites is 2. The first-order valence-corrected chi connectivity index (χ1v) is 21.5. The summed E-state index contributed by atoms with van der Waals surface area (Å²) < 4.78 is 2.43. The zero-order chi connectivity index (χ0) is 39.4. The molecule has 1 spiro atoms. The second-order valence-corrected chi connectivity index (χ2v) is 17.0. The first-order valence-electron chi connectivity index (χ1n) is 21.5. The van der Waals surface area contributed by atoms with Crippen molar-refractivity contribution in [1.29, 1.82) is 0 Å². The average Bonchev–Trinajstić information content (AvgIpc) is 3.93. The Kier molecular flexibility index (Phi) is 7.24. The van der Waals surface area contributed by atoms with Gasteiger partial charge in [0.25, 0.3) is 0 Å². The van der Waals surface area contributed by atoms with Crippen LogP contribution < -0.4 is 0 Å². The topological polar surface area (TPSA) is 4.93 Å². The molecule has 0 bridgehead atoms. The lowest BCUT2D eigenvalue weighted by molar-refractivity contribution is 0.716. The van der Waals surface area contributed by atoms with E-state index in [0.717, 1.165) is 19.3 Å². The Morgan fingerprint density at radius 1 is 0.500 bits per heavy atom. The van der Waals surface area contributed by atoms with Crippen molar-refractivity contribution < 1.29 is 0 Å². The quantitative estimate of drug-likeness (QED) is 0.149. The van der Waals surface area contributed by atoms with Crippen molar-refractivity contribution in [3.05, 3.63) is 251 Å². The zero-order valence-electron chi connectivity index (χ0n) is 33.3. The maximum Gasteiger partial charge on any atom is 0.0689 e. The minimum Gasteiger partial charge on any atom is -0.309 e. The van der Waals surface area contributed by atoms with Crippen LogP contribution in [0.25, 0.3) is 65.7 Å². The van der Waals surface area contributed by atoms with Gasteiger partial charge < -0.3 is 4.57 Å². The van der Waals surface area contributed by atoms with Gasteiger partial charge in [0.1, 0.15) is 0 Å². The number of benzene rings is 9. The fraction of sp³-hybridized carbons (Fsp3) is 0.0847. The van der Waals surface area contributed by atoms with Crippen LogP contribution in [0.15, 0.2) is 212 Å². The van der Waals surface area contributed by atoms with Crippen molar-refractivity contribution in [2.24, 2.45) is 0 Å². The van der Waals surface area contributed by atoms with Crippen LogP contribution in [0.5, 0.6) is 0 Å². The van der Waals surface area contributed by atoms with Crippen molar-refractivity contribution >= 4 is 48.9 Å². The lowest BCUT2D eigenvalue weighted by atomic mass is 9.67. The summed E-state index contributed by atoms with van der Waals surface area (Å²) in [4.78, 5) is 0. The molecule has 1 nitrogen and oxygen atoms in total. The molecule has 1 atom stereocenters. The number of fused-ring (bicyclic) bond motifs is 9. The predicted molar refractivity (Wildman–Crippen MR) is 251 cm³/mol. The molecule has 0 amide bonds. The van der Waals surface area contributed by atoms with Crippen molar-refractivity contribution in [3.8, 4) is 16.8 Å². The summed E-state index contributed by atoms with van der Waals surface area (Å²) in [7, 11) is 0. The van der Waals surface area contributed by atoms with Gasteiger partial charge in [0.15, 0.2) is 0 Å². The second-order valence-electron chi connectivity index (χ2n) is 17.0. The molecule has 1 unspecified atom stereocenters. The molecule has 0 fully saturated rings. The molecule has 9 aromatic carbocycles. The molecule has 0 radical (unpaired) electrons. The van der Waals surface area contributed by atoms with Gasteiger partial charge in [-0.15, -0.1) is 0 Å². The fourth-order valence-electron chi connectivity index (χ4n) is 11.5. The van der Waals surface area contributed by atoms with Gasteiger partial charge in [-0.1, -0.05) is 176 Å². The summed E-state index contributed by atoms with van der Waals surface area (Å²) in [6, 6.07) is 73.2. The summed E-state index contributed by atoms with van der Waals surface area (Å²) in [5.74, 6) is 0.198. The zero-order valence-corrected chi connectivity index (χ0v) is 33.3. The van der Waals surface area contributed by atoms with E-state index in [2.05, 4.69) is 211 Å². The van der Waals surface area contributed by atoms with Gasteiger partial charge in [-0.3, -0.25) is 0 Å². The molecule has 1 heteroatoms. The normalized spacial score (nSPS) is 15.2. The number of allylic oxidation sites excluding steroid dienone is 4. The summed E-state index contributed by atoms with van der Waals surface area (Å²) >= 11 is 0. The number of nitrogens with zero attached hydrogens (tertiary/aromatic N) is 1. The van der Waals surface area contributed by atoms with Gasteiger partial charge in [0, 0.05) is 22.4 Å². The summed E-state index contributed by atoms with van der Waals surface area (Å²) in [6.45, 7) is 0. The Morgan fingerprint density at radius 3 is 1.95 bits per heavy atom. The predicted octanol–water partition coefficient (Wildman–Crippen LogP) is 14.9. The highest BCUT2D eigenvalue weighted by Gasteiger charge is 2.51. The molecule has 0 saturated carbocycles. The van der Waals surface area contributed by atoms with Gasteiger partial charge in [-0.25, -0.2) is 0 Å². The molecule has 0 saturated heterocycles. The van der Waals surface area contributed by atoms with E-state index >= 15 is 0 Å². The standard InChI is InChI=1S/C59H41N/c1-3-13-40(14-4-1)50(44-32-34-49-48-20-8-10-24-55(48)60(56(49)37-44)45-17-5-2-6-18-45)35-38-25-27-39(28-26-38)43-31-33-47-46-19-7-9-21-51(46)59(54(47)36-43)52-22-11-15-41-29-30-42-16-12-23-53(59)58(42)57(41)52/h1-8,10-20,22-34,36-37,50H,9,21,35H2. The highest BCUT2D eigenvalue weighted by Crippen LogP contribution is 2.63. The van der Waals surface area contributed by atoms with Crippen LogP contribution in [0.4, 0.5) is 0 Å². The van der Waals surface area contributed by atoms with Gasteiger partial charge >= 0.3 is 0 Å². The van der Waals surface area contributed by atoms with E-state index in [1.54, 1.807) is 5.57 Å². The Bertz CT molecular complexity index is 3370. The van der Waals surface area contributed by atoms with Crippen LogP contribution >= 0.6 is 0 Å². The third-order valence-corrected chi connectivity index (χ3v) is 14.1. The summed E-state index contributed by atoms with van der Waals surface area (Å²) in [6.07, 6.45) is 7.85. The van der Waals surface area contributed by atoms with Crippen LogP contribution in [0.2, 0.25) is 0 Å². The van der Waals surface area contributed by atoms with Crippen LogP contribution in [-0.2, 0) is 11.8 Å². The van der Waals surface area contributed by atoms with Crippen molar-refractivity contribution in [1.82, 2.24) is 4.57 Å². The minimum absolute atomic E-state index is 0.198. The number of rotatable bonds is 6. The van der Waals surface area contributed by atoms with E-state index in [4.69, 9.17) is 0 Å². The second kappa shape index (κ2) is 12.9. The Morgan fingerprint density at radius 2 is 1.18 bits per heavy atom. The maximum absolute atomic E-state index is 2.54. The highest BCUT2D eigenvalue weighted by atomic mass is 15.0. The Labute approximate surface area is 350 Å². The van der Waals surface area contributed by atoms with E-state index in [1.165, 1.54) is 105 Å². The first-order chi connectivity index (χ1) is 29.8. The molecule has 3 aliphatic rings. The van der Waals surface area contributed by atoms with E-state index in [9.17, 15) is 0 Å². The van der Waals surface area contributed by atoms with Gasteiger partial charge in [-0.05, 0) is 132 Å². The number of hydrogen-bond donors (Lipinski definition) is 0. The SMILES string of the molecule is C1=CC2=C(CC1)C1(c3cc(-c4ccc(CC(c5ccccc5)c5ccc6c7ccccc7n(-c7ccccc7)c6c5)cc4)ccc32)c2cccc3ccc4cccc1c4c23. The molecule has 10 aromatic rings. The molecule has 0 N–H and O–H groups in total. The highest BCUT2D eigenvalue weighted by molar-refractivity contribution is 6.17. The molecule has 13 rings (SSSR count). The van der Waals surface area contributed by atoms with E-state index in [1.807, 2.05) is 0 Å². The minimum atomic E-state index is -0.274. The molecule has 3 aliphatic carbocycles. The van der Waals surface area contributed by atoms with Crippen LogP contribution in [-0.4, -0.2) is 4.57 Å². The van der Waals surface area contributed by atoms with E-state index < -0.39 is 0 Å². The maximum atomic E-state index is 2.54. The van der Waals surface area contributed by atoms with Gasteiger partial charge in [0.05, 0.1) is 16.4 Å². The Balaban J connectivity index is 0.905. The molecule has 60 heavy (non-hydrogen) atoms. The van der Waals surface area contributed by atoms with Gasteiger partial charge in [0.2, 0.25) is 0 Å². The third kappa shape index (κ3) is 4.69. The van der Waals surface area contributed by atoms with Crippen molar-refractivity contribution in [2.45, 2.75) is 30.6 Å². The molecular formula is C59H41N. The largest absolute Gasteiger partial charge is 0.309 e. The van der Waals surface area contributed by atoms with Gasteiger partial charge in [-0.2, -0.15) is 0 Å². The molecular weight excluding hydrogens is 723 g/mol. The van der Waals surface area contributed by atoms with Crippen molar-refractivity contribution in [2.75, 3.05) is 0 Å². The number of aromatic nitrogens is 1.